The van der Waals surface area contributed by atoms with Gasteiger partial charge in [0.1, 0.15) is 11.6 Å². The number of rotatable bonds is 2. The van der Waals surface area contributed by atoms with E-state index >= 15 is 0 Å². The minimum absolute atomic E-state index is 0.00227. The zero-order valence-electron chi connectivity index (χ0n) is 8.32. The van der Waals surface area contributed by atoms with E-state index in [0.717, 1.165) is 6.07 Å². The van der Waals surface area contributed by atoms with Crippen LogP contribution < -0.4 is 10.5 Å². The molecule has 1 heterocycles. The topological polar surface area (TPSA) is 61.0 Å². The number of hydrogen-bond donors (Lipinski definition) is 1. The lowest BCUT2D eigenvalue weighted by Crippen LogP contribution is -1.95. The summed E-state index contributed by atoms with van der Waals surface area (Å²) in [6.45, 7) is 0. The summed E-state index contributed by atoms with van der Waals surface area (Å²) in [6, 6.07) is 2.61. The lowest BCUT2D eigenvalue weighted by Gasteiger charge is -2.06. The summed E-state index contributed by atoms with van der Waals surface area (Å²) in [5, 5.41) is 0.00227. The highest BCUT2D eigenvalue weighted by atomic mass is 79.9. The minimum Gasteiger partial charge on any atom is -0.423 e. The summed E-state index contributed by atoms with van der Waals surface area (Å²) < 4.78 is 19.0. The lowest BCUT2D eigenvalue weighted by molar-refractivity contribution is 0.435. The van der Waals surface area contributed by atoms with Crippen molar-refractivity contribution in [3.8, 4) is 11.8 Å². The van der Waals surface area contributed by atoms with Crippen LogP contribution in [0.25, 0.3) is 0 Å². The van der Waals surface area contributed by atoms with Gasteiger partial charge in [0.15, 0.2) is 0 Å². The zero-order chi connectivity index (χ0) is 12.4. The molecule has 0 aliphatic carbocycles. The van der Waals surface area contributed by atoms with Crippen molar-refractivity contribution in [2.24, 2.45) is 0 Å². The normalized spacial score (nSPS) is 10.3. The number of ether oxygens (including phenoxy) is 1. The van der Waals surface area contributed by atoms with E-state index in [1.807, 2.05) is 0 Å². The molecule has 0 saturated heterocycles. The molecule has 2 aromatic rings. The summed E-state index contributed by atoms with van der Waals surface area (Å²) in [6.07, 6.45) is 2.78. The maximum Gasteiger partial charge on any atom is 0.322 e. The summed E-state index contributed by atoms with van der Waals surface area (Å²) in [7, 11) is 0. The average Bonchev–Trinajstić information content (AvgIpc) is 2.29. The van der Waals surface area contributed by atoms with Crippen LogP contribution in [0.3, 0.4) is 0 Å². The van der Waals surface area contributed by atoms with Crippen molar-refractivity contribution >= 4 is 33.2 Å². The predicted molar refractivity (Wildman–Crippen MR) is 65.6 cm³/mol. The van der Waals surface area contributed by atoms with Crippen LogP contribution in [0.1, 0.15) is 0 Å². The van der Waals surface area contributed by atoms with Gasteiger partial charge in [0.2, 0.25) is 0 Å². The van der Waals surface area contributed by atoms with E-state index in [2.05, 4.69) is 25.9 Å². The molecule has 0 amide bonds. The third-order valence-electron chi connectivity index (χ3n) is 1.82. The van der Waals surface area contributed by atoms with Gasteiger partial charge in [-0.05, 0) is 22.0 Å². The molecular formula is C10H6BrClFN3O. The van der Waals surface area contributed by atoms with Gasteiger partial charge in [-0.2, -0.15) is 0 Å². The van der Waals surface area contributed by atoms with E-state index in [-0.39, 0.29) is 16.8 Å². The molecule has 0 unspecified atom stereocenters. The molecule has 0 saturated carbocycles. The molecule has 4 nitrogen and oxygen atoms in total. The van der Waals surface area contributed by atoms with Crippen LogP contribution in [0.4, 0.5) is 10.1 Å². The van der Waals surface area contributed by atoms with E-state index in [9.17, 15) is 4.39 Å². The van der Waals surface area contributed by atoms with Crippen LogP contribution >= 0.6 is 27.5 Å². The Morgan fingerprint density at radius 3 is 2.59 bits per heavy atom. The Balaban J connectivity index is 2.30. The van der Waals surface area contributed by atoms with Gasteiger partial charge in [0.05, 0.1) is 27.6 Å². The average molecular weight is 319 g/mol. The van der Waals surface area contributed by atoms with Crippen molar-refractivity contribution in [1.29, 1.82) is 0 Å². The first-order chi connectivity index (χ1) is 8.06. The number of hydrogen-bond acceptors (Lipinski definition) is 4. The lowest BCUT2D eigenvalue weighted by atomic mass is 10.3. The molecule has 0 fully saturated rings. The van der Waals surface area contributed by atoms with E-state index < -0.39 is 5.82 Å². The molecule has 17 heavy (non-hydrogen) atoms. The van der Waals surface area contributed by atoms with Gasteiger partial charge >= 0.3 is 6.01 Å². The van der Waals surface area contributed by atoms with E-state index in [1.54, 1.807) is 0 Å². The van der Waals surface area contributed by atoms with Gasteiger partial charge in [-0.3, -0.25) is 0 Å². The molecule has 1 aromatic heterocycles. The second kappa shape index (κ2) is 4.85. The molecule has 0 aliphatic rings. The van der Waals surface area contributed by atoms with Gasteiger partial charge in [-0.1, -0.05) is 11.6 Å². The molecule has 7 heteroatoms. The molecule has 0 atom stereocenters. The molecule has 0 spiro atoms. The molecule has 2 N–H and O–H groups in total. The fourth-order valence-electron chi connectivity index (χ4n) is 1.06. The number of nitrogens with two attached hydrogens (primary N) is 1. The third kappa shape index (κ3) is 2.83. The first kappa shape index (κ1) is 12.1. The smallest absolute Gasteiger partial charge is 0.322 e. The summed E-state index contributed by atoms with van der Waals surface area (Å²) in [4.78, 5) is 7.66. The summed E-state index contributed by atoms with van der Waals surface area (Å²) >= 11 is 8.80. The van der Waals surface area contributed by atoms with Gasteiger partial charge in [-0.25, -0.2) is 14.4 Å². The first-order valence-corrected chi connectivity index (χ1v) is 5.63. The SMILES string of the molecule is Nc1cnc(Oc2cc(F)c(Cl)cc2Br)nc1. The van der Waals surface area contributed by atoms with Crippen LogP contribution in [0.5, 0.6) is 11.8 Å². The highest BCUT2D eigenvalue weighted by molar-refractivity contribution is 9.10. The molecule has 2 rings (SSSR count). The highest BCUT2D eigenvalue weighted by Gasteiger charge is 2.09. The molecule has 88 valence electrons. The number of benzene rings is 1. The Morgan fingerprint density at radius 1 is 1.29 bits per heavy atom. The van der Waals surface area contributed by atoms with E-state index in [1.165, 1.54) is 18.5 Å². The van der Waals surface area contributed by atoms with Crippen LogP contribution in [0.15, 0.2) is 29.0 Å². The number of nitrogen functional groups attached to an aromatic ring is 1. The van der Waals surface area contributed by atoms with E-state index in [4.69, 9.17) is 22.1 Å². The predicted octanol–water partition coefficient (Wildman–Crippen LogP) is 3.41. The second-order valence-corrected chi connectivity index (χ2v) is 4.36. The first-order valence-electron chi connectivity index (χ1n) is 4.46. The molecule has 0 bridgehead atoms. The summed E-state index contributed by atoms with van der Waals surface area (Å²) in [5.41, 5.74) is 5.84. The molecular weight excluding hydrogens is 312 g/mol. The van der Waals surface area contributed by atoms with Gasteiger partial charge in [0, 0.05) is 6.07 Å². The van der Waals surface area contributed by atoms with Gasteiger partial charge < -0.3 is 10.5 Å². The number of nitrogens with zero attached hydrogens (tertiary/aromatic N) is 2. The molecule has 1 aromatic carbocycles. The van der Waals surface area contributed by atoms with E-state index in [0.29, 0.717) is 10.2 Å². The number of anilines is 1. The second-order valence-electron chi connectivity index (χ2n) is 3.10. The maximum absolute atomic E-state index is 13.2. The van der Waals surface area contributed by atoms with Crippen molar-refractivity contribution in [3.63, 3.8) is 0 Å². The zero-order valence-corrected chi connectivity index (χ0v) is 10.7. The van der Waals surface area contributed by atoms with Crippen molar-refractivity contribution in [3.05, 3.63) is 39.8 Å². The quantitative estimate of drug-likeness (QED) is 0.862. The fraction of sp³-hybridized carbons (Fsp3) is 0. The van der Waals surface area contributed by atoms with Crippen molar-refractivity contribution in [1.82, 2.24) is 9.97 Å². The fourth-order valence-corrected chi connectivity index (χ4v) is 1.78. The molecule has 0 radical (unpaired) electrons. The monoisotopic (exact) mass is 317 g/mol. The van der Waals surface area contributed by atoms with Crippen molar-refractivity contribution in [2.45, 2.75) is 0 Å². The van der Waals surface area contributed by atoms with Crippen molar-refractivity contribution < 1.29 is 9.13 Å². The van der Waals surface area contributed by atoms with Gasteiger partial charge in [-0.15, -0.1) is 0 Å². The maximum atomic E-state index is 13.2. The number of halogens is 3. The highest BCUT2D eigenvalue weighted by Crippen LogP contribution is 2.32. The Labute approximate surface area is 110 Å². The minimum atomic E-state index is -0.583. The largest absolute Gasteiger partial charge is 0.423 e. The Hall–Kier alpha value is -1.40. The molecule has 0 aliphatic heterocycles. The Morgan fingerprint density at radius 2 is 1.94 bits per heavy atom. The Kier molecular flexibility index (Phi) is 3.44. The van der Waals surface area contributed by atoms with Crippen LogP contribution in [-0.2, 0) is 0 Å². The van der Waals surface area contributed by atoms with Crippen LogP contribution in [0, 0.1) is 5.82 Å². The van der Waals surface area contributed by atoms with Gasteiger partial charge in [0.25, 0.3) is 0 Å². The standard InChI is InChI=1S/C10H6BrClFN3O/c11-6-1-7(12)8(13)2-9(6)17-10-15-3-5(14)4-16-10/h1-4H,14H2. The van der Waals surface area contributed by atoms with Crippen molar-refractivity contribution in [2.75, 3.05) is 5.73 Å². The third-order valence-corrected chi connectivity index (χ3v) is 2.73. The Bertz CT molecular complexity index is 550. The number of aromatic nitrogens is 2. The summed E-state index contributed by atoms with van der Waals surface area (Å²) in [5.74, 6) is -0.350. The van der Waals surface area contributed by atoms with Crippen LogP contribution in [0.2, 0.25) is 5.02 Å². The van der Waals surface area contributed by atoms with Crippen LogP contribution in [-0.4, -0.2) is 9.97 Å².